The van der Waals surface area contributed by atoms with E-state index in [-0.39, 0.29) is 54.6 Å². The average molecular weight is 330 g/mol. The average Bonchev–Trinajstić information content (AvgIpc) is 2.74. The second-order valence-corrected chi connectivity index (χ2v) is 6.37. The first-order chi connectivity index (χ1) is 10.2. The van der Waals surface area contributed by atoms with Gasteiger partial charge in [-0.05, 0) is 32.2 Å². The van der Waals surface area contributed by atoms with E-state index >= 15 is 0 Å². The molecule has 0 aromatic heterocycles. The standard InChI is InChI=1S/C15H23N3O3.ClH/c19-13(17-10-4-3-7-16-8-10)9-18-14(20)11-5-1-2-6-12(11)15(18)21;/h10-12,16H,1-9H2,(H,17,19);1H/t10-,11?,12?;/m0./s1. The molecule has 0 radical (unpaired) electrons. The molecule has 2 aliphatic heterocycles. The van der Waals surface area contributed by atoms with Crippen LogP contribution in [0, 0.1) is 11.8 Å². The van der Waals surface area contributed by atoms with E-state index in [1.807, 2.05) is 0 Å². The van der Waals surface area contributed by atoms with Crippen molar-refractivity contribution in [2.24, 2.45) is 11.8 Å². The topological polar surface area (TPSA) is 78.5 Å². The first-order valence-corrected chi connectivity index (χ1v) is 8.02. The second-order valence-electron chi connectivity index (χ2n) is 6.37. The lowest BCUT2D eigenvalue weighted by atomic mass is 9.81. The monoisotopic (exact) mass is 329 g/mol. The molecule has 1 saturated carbocycles. The Kier molecular flexibility index (Phi) is 5.81. The van der Waals surface area contributed by atoms with Crippen molar-refractivity contribution in [1.82, 2.24) is 15.5 Å². The molecule has 6 nitrogen and oxygen atoms in total. The van der Waals surface area contributed by atoms with Crippen LogP contribution in [-0.4, -0.2) is 48.3 Å². The van der Waals surface area contributed by atoms with E-state index < -0.39 is 0 Å². The zero-order chi connectivity index (χ0) is 14.8. The Morgan fingerprint density at radius 2 is 1.73 bits per heavy atom. The molecule has 3 fully saturated rings. The fourth-order valence-electron chi connectivity index (χ4n) is 3.78. The van der Waals surface area contributed by atoms with Crippen LogP contribution in [0.25, 0.3) is 0 Å². The zero-order valence-corrected chi connectivity index (χ0v) is 13.5. The SMILES string of the molecule is Cl.O=C(CN1C(=O)C2CCCCC2C1=O)N[C@H]1CCCNC1. The van der Waals surface area contributed by atoms with Gasteiger partial charge in [-0.3, -0.25) is 19.3 Å². The van der Waals surface area contributed by atoms with Crippen LogP contribution in [0.3, 0.4) is 0 Å². The third-order valence-corrected chi connectivity index (χ3v) is 4.90. The molecule has 2 N–H and O–H groups in total. The fraction of sp³-hybridized carbons (Fsp3) is 0.800. The normalized spacial score (nSPS) is 31.5. The van der Waals surface area contributed by atoms with Crippen LogP contribution < -0.4 is 10.6 Å². The largest absolute Gasteiger partial charge is 0.351 e. The number of hydrogen-bond donors (Lipinski definition) is 2. The second kappa shape index (κ2) is 7.42. The maximum atomic E-state index is 12.3. The van der Waals surface area contributed by atoms with Crippen molar-refractivity contribution < 1.29 is 14.4 Å². The van der Waals surface area contributed by atoms with Crippen LogP contribution >= 0.6 is 12.4 Å². The Balaban J connectivity index is 0.00000176. The van der Waals surface area contributed by atoms with Gasteiger partial charge in [0, 0.05) is 12.6 Å². The van der Waals surface area contributed by atoms with Gasteiger partial charge in [-0.15, -0.1) is 12.4 Å². The fourth-order valence-corrected chi connectivity index (χ4v) is 3.78. The molecule has 1 aliphatic carbocycles. The predicted molar refractivity (Wildman–Crippen MR) is 83.5 cm³/mol. The molecule has 2 unspecified atom stereocenters. The van der Waals surface area contributed by atoms with Gasteiger partial charge in [0.15, 0.2) is 0 Å². The molecule has 3 rings (SSSR count). The molecule has 2 saturated heterocycles. The number of carbonyl (C=O) groups is 3. The summed E-state index contributed by atoms with van der Waals surface area (Å²) in [5.41, 5.74) is 0. The number of piperidine rings is 1. The Morgan fingerprint density at radius 1 is 1.09 bits per heavy atom. The van der Waals surface area contributed by atoms with Crippen molar-refractivity contribution in [3.63, 3.8) is 0 Å². The third kappa shape index (κ3) is 3.43. The number of hydrogen-bond acceptors (Lipinski definition) is 4. The van der Waals surface area contributed by atoms with E-state index in [1.54, 1.807) is 0 Å². The van der Waals surface area contributed by atoms with E-state index in [2.05, 4.69) is 10.6 Å². The first kappa shape index (κ1) is 17.2. The highest BCUT2D eigenvalue weighted by molar-refractivity contribution is 6.07. The Morgan fingerprint density at radius 3 is 2.27 bits per heavy atom. The molecule has 124 valence electrons. The van der Waals surface area contributed by atoms with E-state index in [0.717, 1.165) is 51.6 Å². The van der Waals surface area contributed by atoms with Crippen LogP contribution in [-0.2, 0) is 14.4 Å². The molecule has 3 amide bonds. The van der Waals surface area contributed by atoms with Crippen molar-refractivity contribution in [3.8, 4) is 0 Å². The summed E-state index contributed by atoms with van der Waals surface area (Å²) in [6.45, 7) is 1.64. The van der Waals surface area contributed by atoms with Gasteiger partial charge in [-0.2, -0.15) is 0 Å². The zero-order valence-electron chi connectivity index (χ0n) is 12.7. The highest BCUT2D eigenvalue weighted by atomic mass is 35.5. The minimum absolute atomic E-state index is 0. The minimum Gasteiger partial charge on any atom is -0.351 e. The summed E-state index contributed by atoms with van der Waals surface area (Å²) in [5.74, 6) is -0.835. The molecule has 0 aromatic rings. The van der Waals surface area contributed by atoms with Crippen LogP contribution in [0.2, 0.25) is 0 Å². The van der Waals surface area contributed by atoms with Gasteiger partial charge in [0.05, 0.1) is 11.8 Å². The summed E-state index contributed by atoms with van der Waals surface area (Å²) in [7, 11) is 0. The smallest absolute Gasteiger partial charge is 0.240 e. The van der Waals surface area contributed by atoms with Crippen molar-refractivity contribution >= 4 is 30.1 Å². The van der Waals surface area contributed by atoms with E-state index in [9.17, 15) is 14.4 Å². The summed E-state index contributed by atoms with van der Waals surface area (Å²) in [6, 6.07) is 0.112. The highest BCUT2D eigenvalue weighted by Crippen LogP contribution is 2.37. The number of nitrogens with zero attached hydrogens (tertiary/aromatic N) is 1. The lowest BCUT2D eigenvalue weighted by Gasteiger charge is -2.24. The van der Waals surface area contributed by atoms with Gasteiger partial charge in [0.1, 0.15) is 6.54 Å². The molecule has 0 bridgehead atoms. The van der Waals surface area contributed by atoms with E-state index in [4.69, 9.17) is 0 Å². The number of amides is 3. The summed E-state index contributed by atoms with van der Waals surface area (Å²) in [6.07, 6.45) is 5.59. The number of imide groups is 1. The Hall–Kier alpha value is -1.14. The number of nitrogens with one attached hydrogen (secondary N) is 2. The summed E-state index contributed by atoms with van der Waals surface area (Å²) in [4.78, 5) is 37.8. The number of fused-ring (bicyclic) bond motifs is 1. The summed E-state index contributed by atoms with van der Waals surface area (Å²) < 4.78 is 0. The molecule has 0 spiro atoms. The molecule has 7 heteroatoms. The lowest BCUT2D eigenvalue weighted by molar-refractivity contribution is -0.143. The van der Waals surface area contributed by atoms with Crippen LogP contribution in [0.4, 0.5) is 0 Å². The van der Waals surface area contributed by atoms with Crippen LogP contribution in [0.1, 0.15) is 38.5 Å². The summed E-state index contributed by atoms with van der Waals surface area (Å²) >= 11 is 0. The molecule has 0 aromatic carbocycles. The van der Waals surface area contributed by atoms with Gasteiger partial charge in [-0.25, -0.2) is 0 Å². The maximum Gasteiger partial charge on any atom is 0.240 e. The van der Waals surface area contributed by atoms with Gasteiger partial charge < -0.3 is 10.6 Å². The molecular weight excluding hydrogens is 306 g/mol. The number of rotatable bonds is 3. The molecule has 2 heterocycles. The van der Waals surface area contributed by atoms with Crippen molar-refractivity contribution in [1.29, 1.82) is 0 Å². The molecule has 22 heavy (non-hydrogen) atoms. The Labute approximate surface area is 136 Å². The van der Waals surface area contributed by atoms with Gasteiger partial charge in [-0.1, -0.05) is 12.8 Å². The van der Waals surface area contributed by atoms with E-state index in [1.165, 1.54) is 4.90 Å². The number of carbonyl (C=O) groups excluding carboxylic acids is 3. The van der Waals surface area contributed by atoms with Gasteiger partial charge >= 0.3 is 0 Å². The number of halogens is 1. The molecule has 3 atom stereocenters. The summed E-state index contributed by atoms with van der Waals surface area (Å²) in [5, 5.41) is 6.15. The van der Waals surface area contributed by atoms with Crippen LogP contribution in [0.15, 0.2) is 0 Å². The molecular formula is C15H24ClN3O3. The van der Waals surface area contributed by atoms with Gasteiger partial charge in [0.2, 0.25) is 17.7 Å². The van der Waals surface area contributed by atoms with Crippen LogP contribution in [0.5, 0.6) is 0 Å². The third-order valence-electron chi connectivity index (χ3n) is 4.90. The van der Waals surface area contributed by atoms with Gasteiger partial charge in [0.25, 0.3) is 0 Å². The highest BCUT2D eigenvalue weighted by Gasteiger charge is 2.48. The first-order valence-electron chi connectivity index (χ1n) is 8.02. The predicted octanol–water partition coefficient (Wildman–Crippen LogP) is 0.452. The van der Waals surface area contributed by atoms with Crippen molar-refractivity contribution in [3.05, 3.63) is 0 Å². The molecule has 3 aliphatic rings. The van der Waals surface area contributed by atoms with Crippen molar-refractivity contribution in [2.75, 3.05) is 19.6 Å². The van der Waals surface area contributed by atoms with E-state index in [0.29, 0.717) is 0 Å². The van der Waals surface area contributed by atoms with Crippen molar-refractivity contribution in [2.45, 2.75) is 44.6 Å². The number of likely N-dealkylation sites (tertiary alicyclic amines) is 1. The minimum atomic E-state index is -0.218. The lowest BCUT2D eigenvalue weighted by Crippen LogP contribution is -2.49. The quantitative estimate of drug-likeness (QED) is 0.737. The maximum absolute atomic E-state index is 12.3. The Bertz CT molecular complexity index is 427.